The summed E-state index contributed by atoms with van der Waals surface area (Å²) in [6, 6.07) is 12.2. The normalized spacial score (nSPS) is 10.7. The maximum atomic E-state index is 11.7. The first-order chi connectivity index (χ1) is 11.2. The number of methoxy groups -OCH3 is 1. The maximum absolute atomic E-state index is 11.7. The quantitative estimate of drug-likeness (QED) is 0.475. The summed E-state index contributed by atoms with van der Waals surface area (Å²) in [5.41, 5.74) is 3.32. The Morgan fingerprint density at radius 1 is 1.30 bits per heavy atom. The molecule has 0 aliphatic carbocycles. The Hall–Kier alpha value is -1.63. The molecule has 6 heteroatoms. The minimum Gasteiger partial charge on any atom is -0.465 e. The van der Waals surface area contributed by atoms with Gasteiger partial charge in [-0.15, -0.1) is 34.4 Å². The van der Waals surface area contributed by atoms with Crippen molar-refractivity contribution in [3.63, 3.8) is 0 Å². The van der Waals surface area contributed by atoms with E-state index in [0.29, 0.717) is 4.88 Å². The van der Waals surface area contributed by atoms with Gasteiger partial charge >= 0.3 is 5.97 Å². The van der Waals surface area contributed by atoms with Crippen LogP contribution in [-0.2, 0) is 11.2 Å². The van der Waals surface area contributed by atoms with Gasteiger partial charge in [-0.3, -0.25) is 0 Å². The summed E-state index contributed by atoms with van der Waals surface area (Å²) in [4.78, 5) is 17.1. The second kappa shape index (κ2) is 7.29. The average Bonchev–Trinajstić information content (AvgIpc) is 3.21. The van der Waals surface area contributed by atoms with Crippen molar-refractivity contribution in [2.45, 2.75) is 10.6 Å². The molecule has 0 fully saturated rings. The highest BCUT2D eigenvalue weighted by Gasteiger charge is 2.18. The predicted molar refractivity (Wildman–Crippen MR) is 97.8 cm³/mol. The molecule has 3 rings (SSSR count). The average molecular weight is 362 g/mol. The zero-order valence-electron chi connectivity index (χ0n) is 12.7. The van der Waals surface area contributed by atoms with E-state index in [-0.39, 0.29) is 5.97 Å². The highest BCUT2D eigenvalue weighted by molar-refractivity contribution is 8.00. The SMILES string of the molecule is COC(=O)c1cc(-c2nc(Cc3ccccc3)cs2)c(SC)s1. The van der Waals surface area contributed by atoms with Crippen LogP contribution in [0, 0.1) is 0 Å². The molecule has 0 radical (unpaired) electrons. The number of rotatable bonds is 5. The predicted octanol–water partition coefficient (Wildman–Crippen LogP) is 4.97. The Morgan fingerprint density at radius 2 is 2.09 bits per heavy atom. The fraction of sp³-hybridized carbons (Fsp3) is 0.176. The van der Waals surface area contributed by atoms with Crippen LogP contribution in [-0.4, -0.2) is 24.3 Å². The Balaban J connectivity index is 1.88. The lowest BCUT2D eigenvalue weighted by molar-refractivity contribution is 0.0606. The van der Waals surface area contributed by atoms with E-state index in [1.165, 1.54) is 24.0 Å². The molecule has 0 saturated carbocycles. The van der Waals surface area contributed by atoms with E-state index in [0.717, 1.165) is 26.9 Å². The van der Waals surface area contributed by atoms with E-state index in [9.17, 15) is 4.79 Å². The minimum absolute atomic E-state index is 0.294. The van der Waals surface area contributed by atoms with E-state index in [1.807, 2.05) is 30.5 Å². The standard InChI is InChI=1S/C17H15NO2S3/c1-20-16(19)14-9-13(17(21-2)23-14)15-18-12(10-22-15)8-11-6-4-3-5-7-11/h3-7,9-10H,8H2,1-2H3. The molecule has 0 atom stereocenters. The van der Waals surface area contributed by atoms with Gasteiger partial charge in [-0.25, -0.2) is 9.78 Å². The van der Waals surface area contributed by atoms with Gasteiger partial charge in [0.1, 0.15) is 9.88 Å². The Kier molecular flexibility index (Phi) is 5.15. The van der Waals surface area contributed by atoms with Crippen LogP contribution in [0.4, 0.5) is 0 Å². The topological polar surface area (TPSA) is 39.2 Å². The number of carbonyl (C=O) groups is 1. The highest BCUT2D eigenvalue weighted by Crippen LogP contribution is 2.39. The summed E-state index contributed by atoms with van der Waals surface area (Å²) in [5, 5.41) is 3.04. The van der Waals surface area contributed by atoms with E-state index < -0.39 is 0 Å². The molecule has 0 aliphatic heterocycles. The largest absolute Gasteiger partial charge is 0.465 e. The first-order valence-corrected chi connectivity index (χ1v) is 9.88. The first-order valence-electron chi connectivity index (χ1n) is 6.96. The second-order valence-electron chi connectivity index (χ2n) is 4.81. The summed E-state index contributed by atoms with van der Waals surface area (Å²) in [5.74, 6) is -0.294. The van der Waals surface area contributed by atoms with Gasteiger partial charge in [-0.2, -0.15) is 0 Å². The number of esters is 1. The molecule has 0 spiro atoms. The van der Waals surface area contributed by atoms with Crippen molar-refractivity contribution in [3.8, 4) is 10.6 Å². The zero-order valence-corrected chi connectivity index (χ0v) is 15.2. The summed E-state index contributed by atoms with van der Waals surface area (Å²) >= 11 is 4.70. The summed E-state index contributed by atoms with van der Waals surface area (Å²) in [6.07, 6.45) is 2.83. The zero-order chi connectivity index (χ0) is 16.2. The summed E-state index contributed by atoms with van der Waals surface area (Å²) in [6.45, 7) is 0. The molecule has 0 unspecified atom stereocenters. The molecule has 2 aromatic heterocycles. The van der Waals surface area contributed by atoms with Crippen LogP contribution in [0.3, 0.4) is 0 Å². The number of nitrogens with zero attached hydrogens (tertiary/aromatic N) is 1. The number of benzene rings is 1. The third-order valence-electron chi connectivity index (χ3n) is 3.28. The van der Waals surface area contributed by atoms with Gasteiger partial charge in [0.05, 0.1) is 17.0 Å². The number of carbonyl (C=O) groups excluding carboxylic acids is 1. The van der Waals surface area contributed by atoms with Gasteiger partial charge in [0.25, 0.3) is 0 Å². The third kappa shape index (κ3) is 3.65. The lowest BCUT2D eigenvalue weighted by Crippen LogP contribution is -1.96. The molecular weight excluding hydrogens is 346 g/mol. The van der Waals surface area contributed by atoms with Gasteiger partial charge in [0.15, 0.2) is 0 Å². The van der Waals surface area contributed by atoms with Crippen molar-refractivity contribution in [2.75, 3.05) is 13.4 Å². The van der Waals surface area contributed by atoms with E-state index >= 15 is 0 Å². The van der Waals surface area contributed by atoms with E-state index in [4.69, 9.17) is 9.72 Å². The number of thioether (sulfide) groups is 1. The number of hydrogen-bond donors (Lipinski definition) is 0. The van der Waals surface area contributed by atoms with Gasteiger partial charge < -0.3 is 4.74 Å². The number of thiazole rings is 1. The smallest absolute Gasteiger partial charge is 0.348 e. The fourth-order valence-electron chi connectivity index (χ4n) is 2.19. The van der Waals surface area contributed by atoms with Gasteiger partial charge in [-0.05, 0) is 17.9 Å². The van der Waals surface area contributed by atoms with Crippen LogP contribution in [0.15, 0.2) is 46.0 Å². The summed E-state index contributed by atoms with van der Waals surface area (Å²) in [7, 11) is 1.40. The van der Waals surface area contributed by atoms with Crippen molar-refractivity contribution in [1.82, 2.24) is 4.98 Å². The molecule has 0 amide bonds. The minimum atomic E-state index is -0.294. The van der Waals surface area contributed by atoms with Gasteiger partial charge in [0, 0.05) is 17.4 Å². The van der Waals surface area contributed by atoms with Gasteiger partial charge in [-0.1, -0.05) is 30.3 Å². The van der Waals surface area contributed by atoms with Crippen molar-refractivity contribution < 1.29 is 9.53 Å². The fourth-order valence-corrected chi connectivity index (χ4v) is 4.95. The molecule has 1 aromatic carbocycles. The molecular formula is C17H15NO2S3. The van der Waals surface area contributed by atoms with E-state index in [1.54, 1.807) is 23.1 Å². The molecule has 3 aromatic rings. The Bertz CT molecular complexity index is 808. The van der Waals surface area contributed by atoms with Crippen molar-refractivity contribution >= 4 is 40.4 Å². The molecule has 0 aliphatic rings. The number of hydrogen-bond acceptors (Lipinski definition) is 6. The van der Waals surface area contributed by atoms with Gasteiger partial charge in [0.2, 0.25) is 0 Å². The lowest BCUT2D eigenvalue weighted by Gasteiger charge is -1.97. The second-order valence-corrected chi connectivity index (χ2v) is 7.80. The first kappa shape index (κ1) is 16.2. The number of ether oxygens (including phenoxy) is 1. The molecule has 0 bridgehead atoms. The van der Waals surface area contributed by atoms with Crippen molar-refractivity contribution in [2.24, 2.45) is 0 Å². The number of thiophene rings is 1. The monoisotopic (exact) mass is 361 g/mol. The van der Waals surface area contributed by atoms with Crippen LogP contribution in [0.5, 0.6) is 0 Å². The molecule has 118 valence electrons. The lowest BCUT2D eigenvalue weighted by atomic mass is 10.1. The Labute approximate surface area is 147 Å². The molecule has 2 heterocycles. The highest BCUT2D eigenvalue weighted by atomic mass is 32.2. The Morgan fingerprint density at radius 3 is 2.78 bits per heavy atom. The van der Waals surface area contributed by atoms with Crippen molar-refractivity contribution in [1.29, 1.82) is 0 Å². The summed E-state index contributed by atoms with van der Waals surface area (Å²) < 4.78 is 5.90. The number of aromatic nitrogens is 1. The molecule has 23 heavy (non-hydrogen) atoms. The van der Waals surface area contributed by atoms with Crippen LogP contribution >= 0.6 is 34.4 Å². The molecule has 0 saturated heterocycles. The van der Waals surface area contributed by atoms with Crippen molar-refractivity contribution in [3.05, 3.63) is 57.9 Å². The van der Waals surface area contributed by atoms with Crippen LogP contribution < -0.4 is 0 Å². The van der Waals surface area contributed by atoms with Crippen LogP contribution in [0.2, 0.25) is 0 Å². The van der Waals surface area contributed by atoms with E-state index in [2.05, 4.69) is 17.5 Å². The third-order valence-corrected chi connectivity index (χ3v) is 6.46. The maximum Gasteiger partial charge on any atom is 0.348 e. The van der Waals surface area contributed by atoms with Crippen LogP contribution in [0.1, 0.15) is 20.9 Å². The van der Waals surface area contributed by atoms with Crippen LogP contribution in [0.25, 0.3) is 10.6 Å². The molecule has 0 N–H and O–H groups in total. The molecule has 3 nitrogen and oxygen atoms in total.